The van der Waals surface area contributed by atoms with Gasteiger partial charge in [-0.2, -0.15) is 0 Å². The predicted molar refractivity (Wildman–Crippen MR) is 105 cm³/mol. The van der Waals surface area contributed by atoms with Crippen molar-refractivity contribution < 1.29 is 0 Å². The van der Waals surface area contributed by atoms with E-state index in [2.05, 4.69) is 50.5 Å². The zero-order valence-electron chi connectivity index (χ0n) is 14.7. The minimum atomic E-state index is 0.163. The maximum atomic E-state index is 4.84. The van der Waals surface area contributed by atoms with Gasteiger partial charge in [-0.05, 0) is 48.2 Å². The Bertz CT molecular complexity index is 880. The van der Waals surface area contributed by atoms with Crippen LogP contribution in [0.5, 0.6) is 0 Å². The quantitative estimate of drug-likeness (QED) is 0.708. The van der Waals surface area contributed by atoms with E-state index in [1.54, 1.807) is 0 Å². The maximum Gasteiger partial charge on any atom is 0.0729 e. The van der Waals surface area contributed by atoms with Gasteiger partial charge in [-0.1, -0.05) is 12.1 Å². The summed E-state index contributed by atoms with van der Waals surface area (Å²) in [6.07, 6.45) is 6.95. The highest BCUT2D eigenvalue weighted by Gasteiger charge is 2.48. The third-order valence-electron chi connectivity index (χ3n) is 5.61. The van der Waals surface area contributed by atoms with E-state index in [0.717, 1.165) is 32.7 Å². The van der Waals surface area contributed by atoms with Gasteiger partial charge < -0.3 is 4.90 Å². The zero-order chi connectivity index (χ0) is 17.4. The topological polar surface area (TPSA) is 32.3 Å². The molecular formula is C21H22N4S. The van der Waals surface area contributed by atoms with E-state index in [0.29, 0.717) is 0 Å². The van der Waals surface area contributed by atoms with Crippen LogP contribution in [0.25, 0.3) is 0 Å². The lowest BCUT2D eigenvalue weighted by Gasteiger charge is -2.25. The lowest BCUT2D eigenvalue weighted by molar-refractivity contribution is 0.307. The fourth-order valence-corrected chi connectivity index (χ4v) is 5.22. The zero-order valence-corrected chi connectivity index (χ0v) is 15.5. The number of rotatable bonds is 4. The molecule has 4 nitrogen and oxygen atoms in total. The average molecular weight is 363 g/mol. The highest BCUT2D eigenvalue weighted by atomic mass is 32.1. The molecule has 0 aliphatic carbocycles. The monoisotopic (exact) mass is 362 g/mol. The van der Waals surface area contributed by atoms with Gasteiger partial charge in [0.2, 0.25) is 0 Å². The Balaban J connectivity index is 1.40. The molecule has 0 bridgehead atoms. The highest BCUT2D eigenvalue weighted by molar-refractivity contribution is 7.09. The molecule has 3 aromatic heterocycles. The SMILES string of the molecule is c1cncc(CN2CC3(CCN(Cc4cccs4)C3)c3ncccc32)c1. The molecule has 0 radical (unpaired) electrons. The molecule has 132 valence electrons. The summed E-state index contributed by atoms with van der Waals surface area (Å²) >= 11 is 1.85. The van der Waals surface area contributed by atoms with Crippen molar-refractivity contribution in [3.05, 3.63) is 76.5 Å². The molecule has 1 unspecified atom stereocenters. The van der Waals surface area contributed by atoms with Crippen molar-refractivity contribution in [1.82, 2.24) is 14.9 Å². The van der Waals surface area contributed by atoms with E-state index in [1.165, 1.54) is 28.2 Å². The van der Waals surface area contributed by atoms with Crippen molar-refractivity contribution in [3.8, 4) is 0 Å². The van der Waals surface area contributed by atoms with Crippen LogP contribution in [0.2, 0.25) is 0 Å². The van der Waals surface area contributed by atoms with Crippen molar-refractivity contribution in [3.63, 3.8) is 0 Å². The van der Waals surface area contributed by atoms with Crippen molar-refractivity contribution >= 4 is 17.0 Å². The van der Waals surface area contributed by atoms with Gasteiger partial charge in [0.25, 0.3) is 0 Å². The number of fused-ring (bicyclic) bond motifs is 2. The van der Waals surface area contributed by atoms with E-state index >= 15 is 0 Å². The second-order valence-corrected chi connectivity index (χ2v) is 8.44. The van der Waals surface area contributed by atoms with Gasteiger partial charge in [-0.15, -0.1) is 11.3 Å². The molecule has 1 spiro atoms. The van der Waals surface area contributed by atoms with Crippen LogP contribution in [-0.2, 0) is 18.5 Å². The van der Waals surface area contributed by atoms with Crippen molar-refractivity contribution in [2.75, 3.05) is 24.5 Å². The molecule has 26 heavy (non-hydrogen) atoms. The first-order valence-electron chi connectivity index (χ1n) is 9.17. The minimum Gasteiger partial charge on any atom is -0.365 e. The number of aromatic nitrogens is 2. The molecule has 5 heterocycles. The standard InChI is InChI=1S/C21H22N4S/c1-4-17(12-22-8-1)13-25-16-21(20-19(25)6-2-9-23-20)7-10-24(15-21)14-18-5-3-11-26-18/h1-6,8-9,11-12H,7,10,13-16H2. The first-order chi connectivity index (χ1) is 12.8. The average Bonchev–Trinajstić information content (AvgIpc) is 3.39. The number of anilines is 1. The van der Waals surface area contributed by atoms with Gasteiger partial charge in [0, 0.05) is 55.1 Å². The normalized spacial score (nSPS) is 22.2. The second kappa shape index (κ2) is 6.49. The maximum absolute atomic E-state index is 4.84. The molecule has 5 rings (SSSR count). The van der Waals surface area contributed by atoms with Crippen molar-refractivity contribution in [1.29, 1.82) is 0 Å². The van der Waals surface area contributed by atoms with Crippen LogP contribution in [0.15, 0.2) is 60.4 Å². The number of likely N-dealkylation sites (tertiary alicyclic amines) is 1. The smallest absolute Gasteiger partial charge is 0.0729 e. The van der Waals surface area contributed by atoms with Crippen LogP contribution >= 0.6 is 11.3 Å². The van der Waals surface area contributed by atoms with Gasteiger partial charge >= 0.3 is 0 Å². The van der Waals surface area contributed by atoms with Crippen molar-refractivity contribution in [2.45, 2.75) is 24.9 Å². The molecule has 0 amide bonds. The number of thiophene rings is 1. The second-order valence-electron chi connectivity index (χ2n) is 7.41. The summed E-state index contributed by atoms with van der Waals surface area (Å²) in [7, 11) is 0. The van der Waals surface area contributed by atoms with E-state index in [-0.39, 0.29) is 5.41 Å². The Morgan fingerprint density at radius 3 is 2.85 bits per heavy atom. The molecule has 1 atom stereocenters. The van der Waals surface area contributed by atoms with Gasteiger partial charge in [-0.25, -0.2) is 0 Å². The van der Waals surface area contributed by atoms with Gasteiger partial charge in [0.05, 0.1) is 11.4 Å². The van der Waals surface area contributed by atoms with Gasteiger partial charge in [0.15, 0.2) is 0 Å². The first-order valence-corrected chi connectivity index (χ1v) is 10.0. The highest BCUT2D eigenvalue weighted by Crippen LogP contribution is 2.45. The van der Waals surface area contributed by atoms with E-state index in [4.69, 9.17) is 4.98 Å². The summed E-state index contributed by atoms with van der Waals surface area (Å²) in [6, 6.07) is 12.9. The lowest BCUT2D eigenvalue weighted by atomic mass is 9.85. The molecule has 1 fully saturated rings. The molecule has 0 aromatic carbocycles. The Kier molecular flexibility index (Phi) is 3.98. The lowest BCUT2D eigenvalue weighted by Crippen LogP contribution is -2.36. The van der Waals surface area contributed by atoms with Gasteiger partial charge in [-0.3, -0.25) is 14.9 Å². The van der Waals surface area contributed by atoms with Gasteiger partial charge in [0.1, 0.15) is 0 Å². The van der Waals surface area contributed by atoms with Crippen molar-refractivity contribution in [2.24, 2.45) is 0 Å². The first kappa shape index (κ1) is 16.0. The third kappa shape index (κ3) is 2.81. The molecular weight excluding hydrogens is 340 g/mol. The molecule has 2 aliphatic heterocycles. The minimum absolute atomic E-state index is 0.163. The summed E-state index contributed by atoms with van der Waals surface area (Å²) in [4.78, 5) is 15.7. The predicted octanol–water partition coefficient (Wildman–Crippen LogP) is 3.70. The summed E-state index contributed by atoms with van der Waals surface area (Å²) in [5.74, 6) is 0. The van der Waals surface area contributed by atoms with E-state index in [1.807, 2.05) is 36.0 Å². The van der Waals surface area contributed by atoms with Crippen LogP contribution in [0.4, 0.5) is 5.69 Å². The fraction of sp³-hybridized carbons (Fsp3) is 0.333. The Morgan fingerprint density at radius 1 is 1.04 bits per heavy atom. The van der Waals surface area contributed by atoms with E-state index < -0.39 is 0 Å². The Morgan fingerprint density at radius 2 is 2.00 bits per heavy atom. The summed E-state index contributed by atoms with van der Waals surface area (Å²) in [5.41, 5.74) is 4.01. The van der Waals surface area contributed by atoms with E-state index in [9.17, 15) is 0 Å². The molecule has 5 heteroatoms. The van der Waals surface area contributed by atoms with Crippen LogP contribution in [0.3, 0.4) is 0 Å². The van der Waals surface area contributed by atoms with Crippen LogP contribution in [-0.4, -0.2) is 34.5 Å². The van der Waals surface area contributed by atoms with Crippen LogP contribution < -0.4 is 4.90 Å². The third-order valence-corrected chi connectivity index (χ3v) is 6.47. The number of hydrogen-bond acceptors (Lipinski definition) is 5. The molecule has 3 aromatic rings. The fourth-order valence-electron chi connectivity index (χ4n) is 4.48. The van der Waals surface area contributed by atoms with Crippen LogP contribution in [0, 0.1) is 0 Å². The number of nitrogens with zero attached hydrogens (tertiary/aromatic N) is 4. The number of pyridine rings is 2. The number of hydrogen-bond donors (Lipinski definition) is 0. The Hall–Kier alpha value is -2.24. The molecule has 1 saturated heterocycles. The molecule has 0 N–H and O–H groups in total. The largest absolute Gasteiger partial charge is 0.365 e. The Labute approximate surface area is 158 Å². The summed E-state index contributed by atoms with van der Waals surface area (Å²) in [5, 5.41) is 2.17. The van der Waals surface area contributed by atoms with Crippen LogP contribution in [0.1, 0.15) is 22.6 Å². The summed E-state index contributed by atoms with van der Waals surface area (Å²) < 4.78 is 0. The summed E-state index contributed by atoms with van der Waals surface area (Å²) in [6.45, 7) is 5.26. The molecule has 0 saturated carbocycles. The molecule has 2 aliphatic rings.